The van der Waals surface area contributed by atoms with Gasteiger partial charge in [0, 0.05) is 13.0 Å². The number of Topliss-reactive ketones (excluding diaryl/α,β-unsaturated/α-hetero) is 1. The fourth-order valence-corrected chi connectivity index (χ4v) is 2.03. The van der Waals surface area contributed by atoms with Gasteiger partial charge in [-0.1, -0.05) is 18.2 Å². The van der Waals surface area contributed by atoms with Crippen molar-refractivity contribution in [3.8, 4) is 5.75 Å². The number of likely N-dealkylation sites (tertiary alicyclic amines) is 1. The number of piperidine rings is 1. The molecular formula is C14H16N2O5. The van der Waals surface area contributed by atoms with Crippen molar-refractivity contribution in [2.75, 3.05) is 19.7 Å². The third kappa shape index (κ3) is 4.20. The minimum absolute atomic E-state index is 0.0226. The van der Waals surface area contributed by atoms with Crippen molar-refractivity contribution in [3.05, 3.63) is 30.3 Å². The minimum Gasteiger partial charge on any atom is -0.484 e. The Labute approximate surface area is 121 Å². The molecule has 2 N–H and O–H groups in total. The molecule has 7 heteroatoms. The Morgan fingerprint density at radius 1 is 1.33 bits per heavy atom. The summed E-state index contributed by atoms with van der Waals surface area (Å²) in [6, 6.07) is 8.01. The van der Waals surface area contributed by atoms with Crippen LogP contribution in [-0.2, 0) is 9.59 Å². The van der Waals surface area contributed by atoms with E-state index in [1.54, 1.807) is 24.3 Å². The number of carbonyl (C=O) groups is 3. The lowest BCUT2D eigenvalue weighted by Crippen LogP contribution is -2.55. The van der Waals surface area contributed by atoms with Crippen LogP contribution in [0.2, 0.25) is 0 Å². The first-order valence-electron chi connectivity index (χ1n) is 6.54. The molecule has 0 aliphatic carbocycles. The standard InChI is InChI=1S/C14H16N2O5/c17-12-6-7-16(14(19)20)8-11(12)15-13(18)9-21-10-4-2-1-3-5-10/h1-5,11H,6-9H2,(H,15,18)(H,19,20). The molecule has 0 bridgehead atoms. The van der Waals surface area contributed by atoms with E-state index in [0.29, 0.717) is 5.75 Å². The molecule has 112 valence electrons. The number of ketones is 1. The fraction of sp³-hybridized carbons (Fsp3) is 0.357. The fourth-order valence-electron chi connectivity index (χ4n) is 2.03. The summed E-state index contributed by atoms with van der Waals surface area (Å²) < 4.78 is 5.27. The summed E-state index contributed by atoms with van der Waals surface area (Å²) in [5.74, 6) is -0.0696. The number of nitrogens with one attached hydrogen (secondary N) is 1. The molecule has 1 aliphatic rings. The Balaban J connectivity index is 1.83. The van der Waals surface area contributed by atoms with Gasteiger partial charge in [0.25, 0.3) is 5.91 Å². The third-order valence-corrected chi connectivity index (χ3v) is 3.14. The zero-order valence-electron chi connectivity index (χ0n) is 11.3. The Bertz CT molecular complexity index is 531. The second kappa shape index (κ2) is 6.74. The molecule has 1 aliphatic heterocycles. The van der Waals surface area contributed by atoms with Crippen molar-refractivity contribution >= 4 is 17.8 Å². The Morgan fingerprint density at radius 3 is 2.71 bits per heavy atom. The van der Waals surface area contributed by atoms with E-state index in [1.165, 1.54) is 0 Å². The molecule has 0 spiro atoms. The molecule has 1 saturated heterocycles. The summed E-state index contributed by atoms with van der Waals surface area (Å²) >= 11 is 0. The number of ether oxygens (including phenoxy) is 1. The van der Waals surface area contributed by atoms with E-state index in [0.717, 1.165) is 4.90 Å². The second-order valence-corrected chi connectivity index (χ2v) is 4.67. The number of amides is 2. The second-order valence-electron chi connectivity index (χ2n) is 4.67. The summed E-state index contributed by atoms with van der Waals surface area (Å²) in [6.07, 6.45) is -0.987. The average molecular weight is 292 g/mol. The van der Waals surface area contributed by atoms with E-state index >= 15 is 0 Å². The van der Waals surface area contributed by atoms with E-state index in [9.17, 15) is 14.4 Å². The molecule has 1 atom stereocenters. The van der Waals surface area contributed by atoms with E-state index < -0.39 is 18.0 Å². The van der Waals surface area contributed by atoms with Gasteiger partial charge < -0.3 is 20.1 Å². The van der Waals surface area contributed by atoms with Gasteiger partial charge in [0.05, 0.1) is 6.54 Å². The zero-order chi connectivity index (χ0) is 15.2. The summed E-state index contributed by atoms with van der Waals surface area (Å²) in [4.78, 5) is 35.4. The van der Waals surface area contributed by atoms with Crippen LogP contribution in [0.4, 0.5) is 4.79 Å². The van der Waals surface area contributed by atoms with Crippen LogP contribution < -0.4 is 10.1 Å². The highest BCUT2D eigenvalue weighted by molar-refractivity contribution is 5.91. The van der Waals surface area contributed by atoms with Crippen LogP contribution in [0, 0.1) is 0 Å². The molecule has 1 aromatic carbocycles. The SMILES string of the molecule is O=C(COc1ccccc1)NC1CN(C(=O)O)CCC1=O. The molecule has 7 nitrogen and oxygen atoms in total. The minimum atomic E-state index is -1.10. The van der Waals surface area contributed by atoms with Crippen molar-refractivity contribution in [1.29, 1.82) is 0 Å². The molecule has 2 amide bonds. The van der Waals surface area contributed by atoms with Gasteiger partial charge in [0.1, 0.15) is 11.8 Å². The first-order valence-corrected chi connectivity index (χ1v) is 6.54. The highest BCUT2D eigenvalue weighted by Gasteiger charge is 2.30. The number of rotatable bonds is 4. The largest absolute Gasteiger partial charge is 0.484 e. The lowest BCUT2D eigenvalue weighted by Gasteiger charge is -2.30. The maximum atomic E-state index is 11.8. The van der Waals surface area contributed by atoms with Crippen LogP contribution in [0.15, 0.2) is 30.3 Å². The topological polar surface area (TPSA) is 95.9 Å². The molecule has 1 heterocycles. The molecule has 0 aromatic heterocycles. The highest BCUT2D eigenvalue weighted by Crippen LogP contribution is 2.09. The van der Waals surface area contributed by atoms with Crippen LogP contribution in [0.5, 0.6) is 5.75 Å². The molecular weight excluding hydrogens is 276 g/mol. The van der Waals surface area contributed by atoms with Gasteiger partial charge in [0.2, 0.25) is 0 Å². The molecule has 2 rings (SSSR count). The Morgan fingerprint density at radius 2 is 2.05 bits per heavy atom. The lowest BCUT2D eigenvalue weighted by molar-refractivity contribution is -0.130. The lowest BCUT2D eigenvalue weighted by atomic mass is 10.0. The van der Waals surface area contributed by atoms with Gasteiger partial charge in [-0.25, -0.2) is 4.79 Å². The first kappa shape index (κ1) is 14.8. The summed E-state index contributed by atoms with van der Waals surface area (Å²) in [5.41, 5.74) is 0. The predicted octanol–water partition coefficient (Wildman–Crippen LogP) is 0.503. The van der Waals surface area contributed by atoms with Crippen LogP contribution in [0.3, 0.4) is 0 Å². The van der Waals surface area contributed by atoms with Crippen LogP contribution >= 0.6 is 0 Å². The number of benzene rings is 1. The van der Waals surface area contributed by atoms with Crippen molar-refractivity contribution in [3.63, 3.8) is 0 Å². The number of nitrogens with zero attached hydrogens (tertiary/aromatic N) is 1. The van der Waals surface area contributed by atoms with E-state index in [1.807, 2.05) is 6.07 Å². The van der Waals surface area contributed by atoms with Gasteiger partial charge >= 0.3 is 6.09 Å². The number of carbonyl (C=O) groups excluding carboxylic acids is 2. The maximum absolute atomic E-state index is 11.8. The van der Waals surface area contributed by atoms with Crippen LogP contribution in [-0.4, -0.2) is 53.5 Å². The van der Waals surface area contributed by atoms with Crippen molar-refractivity contribution < 1.29 is 24.2 Å². The number of carboxylic acid groups (broad SMARTS) is 1. The monoisotopic (exact) mass is 292 g/mol. The summed E-state index contributed by atoms with van der Waals surface area (Å²) in [5, 5.41) is 11.4. The number of hydrogen-bond acceptors (Lipinski definition) is 4. The van der Waals surface area contributed by atoms with E-state index in [2.05, 4.69) is 5.32 Å². The van der Waals surface area contributed by atoms with Gasteiger partial charge in [-0.15, -0.1) is 0 Å². The highest BCUT2D eigenvalue weighted by atomic mass is 16.5. The van der Waals surface area contributed by atoms with E-state index in [-0.39, 0.29) is 31.9 Å². The average Bonchev–Trinajstić information content (AvgIpc) is 2.48. The van der Waals surface area contributed by atoms with Crippen LogP contribution in [0.25, 0.3) is 0 Å². The predicted molar refractivity (Wildman–Crippen MR) is 73.1 cm³/mol. The van der Waals surface area contributed by atoms with Crippen molar-refractivity contribution in [2.45, 2.75) is 12.5 Å². The molecule has 0 saturated carbocycles. The van der Waals surface area contributed by atoms with E-state index in [4.69, 9.17) is 9.84 Å². The summed E-state index contributed by atoms with van der Waals surface area (Å²) in [7, 11) is 0. The smallest absolute Gasteiger partial charge is 0.407 e. The third-order valence-electron chi connectivity index (χ3n) is 3.14. The summed E-state index contributed by atoms with van der Waals surface area (Å²) in [6.45, 7) is -0.0762. The number of para-hydroxylation sites is 1. The molecule has 1 fully saturated rings. The van der Waals surface area contributed by atoms with Crippen molar-refractivity contribution in [1.82, 2.24) is 10.2 Å². The molecule has 21 heavy (non-hydrogen) atoms. The van der Waals surface area contributed by atoms with Gasteiger partial charge in [-0.05, 0) is 12.1 Å². The quantitative estimate of drug-likeness (QED) is 0.842. The Kier molecular flexibility index (Phi) is 4.76. The first-order chi connectivity index (χ1) is 10.1. The van der Waals surface area contributed by atoms with Gasteiger partial charge in [0.15, 0.2) is 12.4 Å². The molecule has 1 aromatic rings. The zero-order valence-corrected chi connectivity index (χ0v) is 11.3. The maximum Gasteiger partial charge on any atom is 0.407 e. The normalized spacial score (nSPS) is 18.2. The van der Waals surface area contributed by atoms with Crippen LogP contribution in [0.1, 0.15) is 6.42 Å². The number of hydrogen-bond donors (Lipinski definition) is 2. The van der Waals surface area contributed by atoms with Crippen molar-refractivity contribution in [2.24, 2.45) is 0 Å². The van der Waals surface area contributed by atoms with Gasteiger partial charge in [-0.3, -0.25) is 9.59 Å². The molecule has 1 unspecified atom stereocenters. The molecule has 0 radical (unpaired) electrons. The Hall–Kier alpha value is -2.57. The van der Waals surface area contributed by atoms with Gasteiger partial charge in [-0.2, -0.15) is 0 Å².